The molecule has 2 N–H and O–H groups in total. The van der Waals surface area contributed by atoms with Crippen LogP contribution in [0.15, 0.2) is 46.9 Å². The summed E-state index contributed by atoms with van der Waals surface area (Å²) in [7, 11) is -2.63. The Kier molecular flexibility index (Phi) is 5.20. The van der Waals surface area contributed by atoms with Gasteiger partial charge in [0.15, 0.2) is 0 Å². The summed E-state index contributed by atoms with van der Waals surface area (Å²) in [5.74, 6) is 0.420. The molecule has 10 heteroatoms. The number of anilines is 1. The van der Waals surface area contributed by atoms with Crippen molar-refractivity contribution >= 4 is 27.7 Å². The van der Waals surface area contributed by atoms with Crippen molar-refractivity contribution in [3.05, 3.63) is 36.7 Å². The molecule has 0 saturated heterocycles. The molecule has 22 heavy (non-hydrogen) atoms. The molecule has 9 nitrogen and oxygen atoms in total. The Morgan fingerprint density at radius 3 is 2.64 bits per heavy atom. The first-order valence-electron chi connectivity index (χ1n) is 6.28. The molecule has 0 spiro atoms. The molecule has 2 aromatic rings. The van der Waals surface area contributed by atoms with Gasteiger partial charge in [-0.1, -0.05) is 0 Å². The fourth-order valence-electron chi connectivity index (χ4n) is 1.60. The minimum atomic E-state index is -4.40. The number of imidazole rings is 1. The van der Waals surface area contributed by atoms with Crippen molar-refractivity contribution < 1.29 is 17.2 Å². The van der Waals surface area contributed by atoms with E-state index in [0.29, 0.717) is 18.2 Å². The third-order valence-electron chi connectivity index (χ3n) is 2.69. The van der Waals surface area contributed by atoms with E-state index < -0.39 is 10.4 Å². The Morgan fingerprint density at radius 2 is 2.05 bits per heavy atom. The molecular formula is C12H15N5O4S. The number of hydrogen-bond acceptors (Lipinski definition) is 7. The van der Waals surface area contributed by atoms with Crippen LogP contribution in [-0.4, -0.2) is 43.1 Å². The van der Waals surface area contributed by atoms with Gasteiger partial charge in [-0.2, -0.15) is 8.42 Å². The van der Waals surface area contributed by atoms with Crippen LogP contribution in [-0.2, 0) is 14.6 Å². The summed E-state index contributed by atoms with van der Waals surface area (Å²) in [6.45, 7) is 0.155. The van der Waals surface area contributed by atoms with Gasteiger partial charge in [0.2, 0.25) is 5.95 Å². The first-order valence-corrected chi connectivity index (χ1v) is 7.65. The zero-order chi connectivity index (χ0) is 16.0. The lowest BCUT2D eigenvalue weighted by Crippen LogP contribution is -2.23. The molecule has 118 valence electrons. The van der Waals surface area contributed by atoms with Crippen LogP contribution in [0.2, 0.25) is 0 Å². The van der Waals surface area contributed by atoms with Gasteiger partial charge in [0, 0.05) is 31.7 Å². The highest BCUT2D eigenvalue weighted by molar-refractivity contribution is 7.80. The number of H-pyrrole nitrogens is 1. The number of nitrogens with zero attached hydrogens (tertiary/aromatic N) is 4. The number of aromatic amines is 1. The maximum Gasteiger partial charge on any atom is 0.397 e. The van der Waals surface area contributed by atoms with Gasteiger partial charge in [-0.05, 0) is 24.3 Å². The molecule has 0 fully saturated rings. The van der Waals surface area contributed by atoms with Crippen LogP contribution >= 0.6 is 0 Å². The first-order chi connectivity index (χ1) is 10.4. The van der Waals surface area contributed by atoms with Crippen LogP contribution in [0.4, 0.5) is 17.3 Å². The Morgan fingerprint density at radius 1 is 1.32 bits per heavy atom. The summed E-state index contributed by atoms with van der Waals surface area (Å²) in [5.41, 5.74) is 1.50. The van der Waals surface area contributed by atoms with Crippen molar-refractivity contribution in [2.45, 2.75) is 0 Å². The lowest BCUT2D eigenvalue weighted by molar-refractivity contribution is 0.274. The lowest BCUT2D eigenvalue weighted by Gasteiger charge is -2.18. The second-order valence-electron chi connectivity index (χ2n) is 4.30. The number of aromatic nitrogens is 2. The minimum absolute atomic E-state index is 0.144. The van der Waals surface area contributed by atoms with Crippen molar-refractivity contribution in [1.29, 1.82) is 0 Å². The Hall–Kier alpha value is -2.30. The van der Waals surface area contributed by atoms with Crippen molar-refractivity contribution in [2.24, 2.45) is 10.2 Å². The van der Waals surface area contributed by atoms with Crippen LogP contribution in [0.25, 0.3) is 0 Å². The van der Waals surface area contributed by atoms with Crippen molar-refractivity contribution in [1.82, 2.24) is 9.97 Å². The molecule has 0 atom stereocenters. The van der Waals surface area contributed by atoms with Gasteiger partial charge >= 0.3 is 10.4 Å². The summed E-state index contributed by atoms with van der Waals surface area (Å²) in [6.07, 6.45) is 3.24. The maximum atomic E-state index is 10.4. The monoisotopic (exact) mass is 325 g/mol. The highest BCUT2D eigenvalue weighted by Gasteiger charge is 2.06. The molecule has 2 rings (SSSR count). The molecule has 0 bridgehead atoms. The van der Waals surface area contributed by atoms with Crippen LogP contribution in [0, 0.1) is 0 Å². The van der Waals surface area contributed by atoms with Gasteiger partial charge in [0.05, 0.1) is 12.3 Å². The minimum Gasteiger partial charge on any atom is -0.372 e. The van der Waals surface area contributed by atoms with Crippen molar-refractivity contribution in [3.8, 4) is 0 Å². The molecule has 0 radical (unpaired) electrons. The number of likely N-dealkylation sites (N-methyl/N-ethyl adjacent to an activating group) is 1. The van der Waals surface area contributed by atoms with E-state index in [-0.39, 0.29) is 6.61 Å². The average molecular weight is 325 g/mol. The Bertz CT molecular complexity index is 712. The van der Waals surface area contributed by atoms with E-state index in [9.17, 15) is 8.42 Å². The fraction of sp³-hybridized carbons (Fsp3) is 0.250. The van der Waals surface area contributed by atoms with Gasteiger partial charge in [-0.25, -0.2) is 9.17 Å². The molecule has 0 aliphatic rings. The number of nitrogens with one attached hydrogen (secondary N) is 1. The Labute approximate surface area is 127 Å². The highest BCUT2D eigenvalue weighted by Crippen LogP contribution is 2.20. The zero-order valence-electron chi connectivity index (χ0n) is 11.7. The molecule has 0 aliphatic heterocycles. The molecule has 1 heterocycles. The molecule has 0 amide bonds. The van der Waals surface area contributed by atoms with E-state index in [0.717, 1.165) is 5.69 Å². The van der Waals surface area contributed by atoms with E-state index in [4.69, 9.17) is 4.55 Å². The fourth-order valence-corrected chi connectivity index (χ4v) is 1.88. The molecular weight excluding hydrogens is 310 g/mol. The summed E-state index contributed by atoms with van der Waals surface area (Å²) in [5, 5.41) is 7.94. The third-order valence-corrected chi connectivity index (χ3v) is 3.16. The second-order valence-corrected chi connectivity index (χ2v) is 5.39. The van der Waals surface area contributed by atoms with Gasteiger partial charge in [-0.15, -0.1) is 10.2 Å². The topological polar surface area (TPSA) is 120 Å². The smallest absolute Gasteiger partial charge is 0.372 e. The standard InChI is InChI=1S/C12H15N5O4S/c1-17(8-9-21-22(18,19)20)11-4-2-10(3-5-11)15-16-12-13-6-7-14-12/h2-7H,8-9H2,1H3,(H,13,14)(H,18,19,20)/b16-15+. The Balaban J connectivity index is 1.90. The molecule has 1 aromatic carbocycles. The summed E-state index contributed by atoms with van der Waals surface area (Å²) in [4.78, 5) is 8.51. The predicted octanol–water partition coefficient (Wildman–Crippen LogP) is 2.08. The second kappa shape index (κ2) is 7.11. The lowest BCUT2D eigenvalue weighted by atomic mass is 10.2. The summed E-state index contributed by atoms with van der Waals surface area (Å²) in [6, 6.07) is 7.15. The number of azo groups is 1. The average Bonchev–Trinajstić information content (AvgIpc) is 2.97. The van der Waals surface area contributed by atoms with Crippen LogP contribution in [0.5, 0.6) is 0 Å². The van der Waals surface area contributed by atoms with E-state index in [1.54, 1.807) is 36.5 Å². The first kappa shape index (κ1) is 16.1. The van der Waals surface area contributed by atoms with Gasteiger partial charge in [0.1, 0.15) is 0 Å². The largest absolute Gasteiger partial charge is 0.397 e. The molecule has 0 aliphatic carbocycles. The van der Waals surface area contributed by atoms with E-state index >= 15 is 0 Å². The van der Waals surface area contributed by atoms with E-state index in [2.05, 4.69) is 24.4 Å². The van der Waals surface area contributed by atoms with Gasteiger partial charge in [-0.3, -0.25) is 4.55 Å². The molecule has 1 aromatic heterocycles. The summed E-state index contributed by atoms with van der Waals surface area (Å²) < 4.78 is 33.6. The number of benzene rings is 1. The number of rotatable bonds is 7. The predicted molar refractivity (Wildman–Crippen MR) is 80.0 cm³/mol. The van der Waals surface area contributed by atoms with E-state index in [1.807, 2.05) is 12.1 Å². The van der Waals surface area contributed by atoms with Crippen LogP contribution in [0.1, 0.15) is 0 Å². The van der Waals surface area contributed by atoms with Crippen molar-refractivity contribution in [3.63, 3.8) is 0 Å². The number of hydrogen-bond donors (Lipinski definition) is 2. The SMILES string of the molecule is CN(CCOS(=O)(=O)O)c1ccc(/N=N/c2ncc[nH]2)cc1. The van der Waals surface area contributed by atoms with Crippen LogP contribution in [0.3, 0.4) is 0 Å². The van der Waals surface area contributed by atoms with Gasteiger partial charge < -0.3 is 9.88 Å². The maximum absolute atomic E-state index is 10.4. The van der Waals surface area contributed by atoms with Crippen molar-refractivity contribution in [2.75, 3.05) is 25.1 Å². The molecule has 0 unspecified atom stereocenters. The normalized spacial score (nSPS) is 11.9. The molecule has 0 saturated carbocycles. The highest BCUT2D eigenvalue weighted by atomic mass is 32.3. The quantitative estimate of drug-likeness (QED) is 0.594. The van der Waals surface area contributed by atoms with Crippen LogP contribution < -0.4 is 4.90 Å². The van der Waals surface area contributed by atoms with E-state index in [1.165, 1.54) is 0 Å². The zero-order valence-corrected chi connectivity index (χ0v) is 12.6. The summed E-state index contributed by atoms with van der Waals surface area (Å²) >= 11 is 0. The third kappa shape index (κ3) is 5.24. The van der Waals surface area contributed by atoms with Gasteiger partial charge in [0.25, 0.3) is 0 Å².